The van der Waals surface area contributed by atoms with Crippen molar-refractivity contribution in [1.82, 2.24) is 5.43 Å². The average Bonchev–Trinajstić information content (AvgIpc) is 2.97. The minimum Gasteiger partial charge on any atom is -0.484 e. The van der Waals surface area contributed by atoms with Crippen molar-refractivity contribution in [3.05, 3.63) is 53.2 Å². The molecule has 1 amide bonds. The van der Waals surface area contributed by atoms with Gasteiger partial charge in [-0.15, -0.1) is 0 Å². The Morgan fingerprint density at radius 1 is 1.35 bits per heavy atom. The van der Waals surface area contributed by atoms with Crippen LogP contribution in [0.5, 0.6) is 5.75 Å². The van der Waals surface area contributed by atoms with E-state index in [4.69, 9.17) is 14.3 Å². The van der Waals surface area contributed by atoms with Crippen LogP contribution < -0.4 is 10.2 Å². The molecule has 2 N–H and O–H groups in total. The minimum atomic E-state index is -0.906. The van der Waals surface area contributed by atoms with Crippen LogP contribution >= 0.6 is 0 Å². The van der Waals surface area contributed by atoms with E-state index in [0.29, 0.717) is 22.8 Å². The fourth-order valence-electron chi connectivity index (χ4n) is 2.20. The highest BCUT2D eigenvalue weighted by Gasteiger charge is 2.12. The first-order chi connectivity index (χ1) is 12.3. The highest BCUT2D eigenvalue weighted by Crippen LogP contribution is 2.17. The number of ether oxygens (including phenoxy) is 1. The molecule has 0 spiro atoms. The van der Waals surface area contributed by atoms with Gasteiger partial charge < -0.3 is 14.3 Å². The minimum absolute atomic E-state index is 0.0310. The lowest BCUT2D eigenvalue weighted by Crippen LogP contribution is -2.25. The van der Waals surface area contributed by atoms with Crippen LogP contribution in [0, 0.1) is 12.7 Å². The molecule has 0 radical (unpaired) electrons. The number of hydrogen-bond acceptors (Lipinski definition) is 5. The summed E-state index contributed by atoms with van der Waals surface area (Å²) in [5, 5.41) is 12.7. The van der Waals surface area contributed by atoms with Gasteiger partial charge in [-0.3, -0.25) is 9.59 Å². The number of nitrogens with one attached hydrogen (secondary N) is 1. The second-order valence-corrected chi connectivity index (χ2v) is 5.55. The number of amides is 1. The summed E-state index contributed by atoms with van der Waals surface area (Å²) >= 11 is 0. The van der Waals surface area contributed by atoms with Crippen LogP contribution in [-0.4, -0.2) is 29.3 Å². The highest BCUT2D eigenvalue weighted by atomic mass is 19.1. The van der Waals surface area contributed by atoms with E-state index >= 15 is 0 Å². The van der Waals surface area contributed by atoms with Gasteiger partial charge in [-0.25, -0.2) is 9.82 Å². The molecule has 1 aromatic heterocycles. The molecule has 0 unspecified atom stereocenters. The smallest absolute Gasteiger partial charge is 0.303 e. The summed E-state index contributed by atoms with van der Waals surface area (Å²) in [7, 11) is 0. The highest BCUT2D eigenvalue weighted by molar-refractivity contribution is 6.00. The van der Waals surface area contributed by atoms with Gasteiger partial charge in [0.25, 0.3) is 5.91 Å². The lowest BCUT2D eigenvalue weighted by molar-refractivity contribution is -0.137. The van der Waals surface area contributed by atoms with Gasteiger partial charge in [-0.2, -0.15) is 5.10 Å². The zero-order chi connectivity index (χ0) is 19.1. The van der Waals surface area contributed by atoms with Gasteiger partial charge in [0.2, 0.25) is 0 Å². The van der Waals surface area contributed by atoms with Crippen LogP contribution in [0.25, 0.3) is 0 Å². The van der Waals surface area contributed by atoms with E-state index in [1.54, 1.807) is 26.0 Å². The monoisotopic (exact) mass is 362 g/mol. The fourth-order valence-corrected chi connectivity index (χ4v) is 2.20. The Kier molecular flexibility index (Phi) is 6.48. The maximum atomic E-state index is 13.0. The number of hydrazone groups is 1. The number of carboxylic acid groups (broad SMARTS) is 1. The number of halogens is 1. The zero-order valence-electron chi connectivity index (χ0n) is 14.4. The first-order valence-electron chi connectivity index (χ1n) is 7.88. The molecule has 26 heavy (non-hydrogen) atoms. The molecule has 1 heterocycles. The predicted molar refractivity (Wildman–Crippen MR) is 91.7 cm³/mol. The van der Waals surface area contributed by atoms with Gasteiger partial charge in [0.05, 0.1) is 12.1 Å². The Bertz CT molecular complexity index is 829. The Hall–Kier alpha value is -3.16. The van der Waals surface area contributed by atoms with E-state index < -0.39 is 17.7 Å². The molecular formula is C18H19FN2O5. The molecule has 0 fully saturated rings. The number of rotatable bonds is 8. The van der Waals surface area contributed by atoms with Crippen molar-refractivity contribution in [3.8, 4) is 5.75 Å². The number of carboxylic acids is 1. The van der Waals surface area contributed by atoms with Crippen molar-refractivity contribution in [2.75, 3.05) is 6.61 Å². The van der Waals surface area contributed by atoms with Gasteiger partial charge in [0, 0.05) is 18.1 Å². The van der Waals surface area contributed by atoms with E-state index in [1.807, 2.05) is 0 Å². The molecular weight excluding hydrogens is 343 g/mol. The molecule has 0 aliphatic carbocycles. The van der Waals surface area contributed by atoms with Gasteiger partial charge in [-0.05, 0) is 32.0 Å². The molecule has 7 nitrogen and oxygen atoms in total. The SMILES string of the molecule is C/C(=N/NC(=O)COc1cccc(F)c1)c1cc(CCC(=O)O)oc1C. The number of carbonyl (C=O) groups is 2. The van der Waals surface area contributed by atoms with Crippen LogP contribution in [-0.2, 0) is 16.0 Å². The summed E-state index contributed by atoms with van der Waals surface area (Å²) < 4.78 is 23.7. The third kappa shape index (κ3) is 5.73. The van der Waals surface area contributed by atoms with Crippen LogP contribution in [0.2, 0.25) is 0 Å². The van der Waals surface area contributed by atoms with Gasteiger partial charge in [0.1, 0.15) is 23.1 Å². The van der Waals surface area contributed by atoms with Crippen molar-refractivity contribution in [1.29, 1.82) is 0 Å². The van der Waals surface area contributed by atoms with Crippen LogP contribution in [0.3, 0.4) is 0 Å². The first-order valence-corrected chi connectivity index (χ1v) is 7.88. The average molecular weight is 362 g/mol. The number of hydrogen-bond donors (Lipinski definition) is 2. The number of aryl methyl sites for hydroxylation is 2. The van der Waals surface area contributed by atoms with Crippen molar-refractivity contribution in [3.63, 3.8) is 0 Å². The fraction of sp³-hybridized carbons (Fsp3) is 0.278. The lowest BCUT2D eigenvalue weighted by Gasteiger charge is -2.05. The predicted octanol–water partition coefficient (Wildman–Crippen LogP) is 2.66. The maximum absolute atomic E-state index is 13.0. The quantitative estimate of drug-likeness (QED) is 0.555. The molecule has 0 atom stereocenters. The Morgan fingerprint density at radius 3 is 2.81 bits per heavy atom. The standard InChI is InChI=1S/C18H19FN2O5/c1-11(16-9-15(26-12(16)2)6-7-18(23)24)20-21-17(22)10-25-14-5-3-4-13(19)8-14/h3-5,8-9H,6-7,10H2,1-2H3,(H,21,22)(H,23,24)/b20-11-. The summed E-state index contributed by atoms with van der Waals surface area (Å²) in [5.74, 6) is -0.495. The summed E-state index contributed by atoms with van der Waals surface area (Å²) in [6, 6.07) is 7.17. The summed E-state index contributed by atoms with van der Waals surface area (Å²) in [6.45, 7) is 3.11. The topological polar surface area (TPSA) is 101 Å². The third-order valence-corrected chi connectivity index (χ3v) is 3.46. The molecule has 0 aliphatic rings. The van der Waals surface area contributed by atoms with E-state index in [2.05, 4.69) is 10.5 Å². The second kappa shape index (κ2) is 8.80. The van der Waals surface area contributed by atoms with E-state index in [-0.39, 0.29) is 25.2 Å². The number of carbonyl (C=O) groups excluding carboxylic acids is 1. The first kappa shape index (κ1) is 19.2. The van der Waals surface area contributed by atoms with Crippen molar-refractivity contribution < 1.29 is 28.2 Å². The Morgan fingerprint density at radius 2 is 2.12 bits per heavy atom. The number of furan rings is 1. The third-order valence-electron chi connectivity index (χ3n) is 3.46. The van der Waals surface area contributed by atoms with E-state index in [9.17, 15) is 14.0 Å². The molecule has 1 aromatic carbocycles. The summed E-state index contributed by atoms with van der Waals surface area (Å²) in [4.78, 5) is 22.4. The summed E-state index contributed by atoms with van der Waals surface area (Å²) in [5.41, 5.74) is 3.53. The number of aliphatic carboxylic acids is 1. The van der Waals surface area contributed by atoms with Gasteiger partial charge >= 0.3 is 5.97 Å². The molecule has 0 saturated heterocycles. The molecule has 2 rings (SSSR count). The Balaban J connectivity index is 1.90. The lowest BCUT2D eigenvalue weighted by atomic mass is 10.1. The molecule has 138 valence electrons. The van der Waals surface area contributed by atoms with Crippen molar-refractivity contribution in [2.45, 2.75) is 26.7 Å². The maximum Gasteiger partial charge on any atom is 0.303 e. The second-order valence-electron chi connectivity index (χ2n) is 5.55. The normalized spacial score (nSPS) is 11.3. The van der Waals surface area contributed by atoms with Crippen molar-refractivity contribution in [2.24, 2.45) is 5.10 Å². The number of benzene rings is 1. The molecule has 0 aliphatic heterocycles. The van der Waals surface area contributed by atoms with E-state index in [0.717, 1.165) is 0 Å². The zero-order valence-corrected chi connectivity index (χ0v) is 14.4. The van der Waals surface area contributed by atoms with Crippen molar-refractivity contribution >= 4 is 17.6 Å². The Labute approximate surface area is 149 Å². The van der Waals surface area contributed by atoms with Crippen LogP contribution in [0.15, 0.2) is 39.9 Å². The van der Waals surface area contributed by atoms with Gasteiger partial charge in [-0.1, -0.05) is 6.07 Å². The van der Waals surface area contributed by atoms with Crippen LogP contribution in [0.1, 0.15) is 30.4 Å². The molecule has 0 bridgehead atoms. The summed E-state index contributed by atoms with van der Waals surface area (Å²) in [6.07, 6.45) is 0.244. The van der Waals surface area contributed by atoms with Gasteiger partial charge in [0.15, 0.2) is 6.61 Å². The van der Waals surface area contributed by atoms with Crippen LogP contribution in [0.4, 0.5) is 4.39 Å². The molecule has 0 saturated carbocycles. The largest absolute Gasteiger partial charge is 0.484 e. The van der Waals surface area contributed by atoms with E-state index in [1.165, 1.54) is 18.2 Å². The molecule has 8 heteroatoms. The number of nitrogens with zero attached hydrogens (tertiary/aromatic N) is 1. The molecule has 2 aromatic rings.